The Balaban J connectivity index is 1.12. The van der Waals surface area contributed by atoms with Crippen molar-refractivity contribution in [3.8, 4) is 0 Å². The molecule has 0 aromatic carbocycles. The number of carbonyl (C=O) groups excluding carboxylic acids is 1. The smallest absolute Gasteiger partial charge is 0.258 e. The summed E-state index contributed by atoms with van der Waals surface area (Å²) in [5, 5.41) is 11.9. The number of hydrogen-bond acceptors (Lipinski definition) is 5. The number of nitrogens with zero attached hydrogens (tertiary/aromatic N) is 5. The van der Waals surface area contributed by atoms with Gasteiger partial charge in [-0.1, -0.05) is 13.0 Å². The first-order valence-corrected chi connectivity index (χ1v) is 11.9. The van der Waals surface area contributed by atoms with E-state index in [1.165, 1.54) is 5.56 Å². The molecule has 3 aromatic rings. The summed E-state index contributed by atoms with van der Waals surface area (Å²) in [6.45, 7) is 7.16. The third-order valence-electron chi connectivity index (χ3n) is 8.13. The van der Waals surface area contributed by atoms with Gasteiger partial charge in [0.15, 0.2) is 5.78 Å². The number of anilines is 1. The minimum atomic E-state index is -2.51. The molecule has 1 N–H and O–H groups in total. The predicted molar refractivity (Wildman–Crippen MR) is 122 cm³/mol. The summed E-state index contributed by atoms with van der Waals surface area (Å²) in [5.74, 6) is -1.72. The maximum Gasteiger partial charge on any atom is 0.258 e. The molecule has 9 heteroatoms. The number of aromatic nitrogens is 5. The molecule has 6 rings (SSSR count). The molecule has 34 heavy (non-hydrogen) atoms. The number of alkyl halides is 2. The van der Waals surface area contributed by atoms with Crippen molar-refractivity contribution < 1.29 is 13.6 Å². The van der Waals surface area contributed by atoms with Crippen molar-refractivity contribution in [1.82, 2.24) is 25.0 Å². The Kier molecular flexibility index (Phi) is 4.54. The Morgan fingerprint density at radius 1 is 1.29 bits per heavy atom. The molecular formula is C25H28F2N6O. The van der Waals surface area contributed by atoms with E-state index in [1.54, 1.807) is 17.1 Å². The second kappa shape index (κ2) is 7.20. The number of fused-ring (bicyclic) bond motifs is 1. The topological polar surface area (TPSA) is 79.7 Å². The lowest BCUT2D eigenvalue weighted by atomic mass is 9.86. The van der Waals surface area contributed by atoms with Gasteiger partial charge < -0.3 is 4.90 Å². The van der Waals surface area contributed by atoms with Crippen LogP contribution < -0.4 is 4.90 Å². The number of ketones is 1. The number of H-pyrrole nitrogens is 1. The van der Waals surface area contributed by atoms with Crippen molar-refractivity contribution in [3.05, 3.63) is 58.3 Å². The molecule has 178 valence electrons. The van der Waals surface area contributed by atoms with Crippen LogP contribution in [0.3, 0.4) is 0 Å². The highest BCUT2D eigenvalue weighted by molar-refractivity contribution is 5.97. The van der Waals surface area contributed by atoms with E-state index in [0.29, 0.717) is 25.2 Å². The van der Waals surface area contributed by atoms with Gasteiger partial charge in [-0.25, -0.2) is 13.8 Å². The van der Waals surface area contributed by atoms with Gasteiger partial charge in [0.25, 0.3) is 5.92 Å². The minimum Gasteiger partial charge on any atom is -0.355 e. The average molecular weight is 467 g/mol. The summed E-state index contributed by atoms with van der Waals surface area (Å²) in [5.41, 5.74) is 5.00. The summed E-state index contributed by atoms with van der Waals surface area (Å²) in [7, 11) is 0. The minimum absolute atomic E-state index is 0.00418. The summed E-state index contributed by atoms with van der Waals surface area (Å²) in [4.78, 5) is 19.7. The third kappa shape index (κ3) is 3.20. The van der Waals surface area contributed by atoms with Crippen molar-refractivity contribution in [3.63, 3.8) is 0 Å². The molecule has 1 spiro atoms. The molecule has 0 radical (unpaired) electrons. The SMILES string of the molecule is Cc1nc(N2CC3(C2)CC3(F)F)ccc1Cn1cc(C(=O)C(C)C2CCc3c2n[nH]c3C)cn1. The highest BCUT2D eigenvalue weighted by Crippen LogP contribution is 2.65. The molecule has 2 aliphatic carbocycles. The van der Waals surface area contributed by atoms with Crippen LogP contribution in [0.1, 0.15) is 64.2 Å². The van der Waals surface area contributed by atoms with E-state index in [1.807, 2.05) is 37.8 Å². The van der Waals surface area contributed by atoms with E-state index in [0.717, 1.165) is 41.3 Å². The maximum absolute atomic E-state index is 13.5. The first-order chi connectivity index (χ1) is 16.2. The Bertz CT molecular complexity index is 1290. The number of Topliss-reactive ketones (excluding diaryl/α,β-unsaturated/α-hetero) is 1. The Labute approximate surface area is 196 Å². The molecule has 1 saturated carbocycles. The number of aryl methyl sites for hydroxylation is 2. The molecule has 4 heterocycles. The normalized spacial score (nSPS) is 22.5. The van der Waals surface area contributed by atoms with Gasteiger partial charge in [0.1, 0.15) is 5.82 Å². The first kappa shape index (κ1) is 21.4. The Hall–Kier alpha value is -3.10. The van der Waals surface area contributed by atoms with Gasteiger partial charge in [-0.15, -0.1) is 0 Å². The highest BCUT2D eigenvalue weighted by atomic mass is 19.3. The van der Waals surface area contributed by atoms with E-state index in [2.05, 4.69) is 20.3 Å². The van der Waals surface area contributed by atoms with Crippen molar-refractivity contribution >= 4 is 11.6 Å². The second-order valence-electron chi connectivity index (χ2n) is 10.4. The molecule has 0 bridgehead atoms. The maximum atomic E-state index is 13.5. The van der Waals surface area contributed by atoms with Gasteiger partial charge in [0, 0.05) is 48.9 Å². The molecule has 0 amide bonds. The zero-order valence-electron chi connectivity index (χ0n) is 19.6. The Morgan fingerprint density at radius 3 is 2.76 bits per heavy atom. The van der Waals surface area contributed by atoms with Crippen LogP contribution in [0.15, 0.2) is 24.5 Å². The second-order valence-corrected chi connectivity index (χ2v) is 10.4. The summed E-state index contributed by atoms with van der Waals surface area (Å²) >= 11 is 0. The van der Waals surface area contributed by atoms with Crippen LogP contribution in [0.2, 0.25) is 0 Å². The fourth-order valence-corrected chi connectivity index (χ4v) is 5.70. The lowest BCUT2D eigenvalue weighted by molar-refractivity contribution is 0.0518. The van der Waals surface area contributed by atoms with E-state index in [9.17, 15) is 13.6 Å². The van der Waals surface area contributed by atoms with E-state index >= 15 is 0 Å². The van der Waals surface area contributed by atoms with Gasteiger partial charge >= 0.3 is 0 Å². The van der Waals surface area contributed by atoms with Crippen molar-refractivity contribution in [2.45, 2.75) is 58.4 Å². The van der Waals surface area contributed by atoms with E-state index in [4.69, 9.17) is 0 Å². The molecule has 1 aliphatic heterocycles. The molecule has 3 aromatic heterocycles. The molecule has 1 saturated heterocycles. The van der Waals surface area contributed by atoms with Gasteiger partial charge in [0.2, 0.25) is 0 Å². The van der Waals surface area contributed by atoms with E-state index < -0.39 is 11.3 Å². The van der Waals surface area contributed by atoms with Crippen LogP contribution >= 0.6 is 0 Å². The van der Waals surface area contributed by atoms with Gasteiger partial charge in [0.05, 0.1) is 29.4 Å². The number of carbonyl (C=O) groups is 1. The zero-order chi connectivity index (χ0) is 23.8. The zero-order valence-corrected chi connectivity index (χ0v) is 19.6. The van der Waals surface area contributed by atoms with Crippen LogP contribution in [0.25, 0.3) is 0 Å². The van der Waals surface area contributed by atoms with Crippen LogP contribution in [-0.2, 0) is 13.0 Å². The lowest BCUT2D eigenvalue weighted by Gasteiger charge is -2.41. The number of hydrogen-bond donors (Lipinski definition) is 1. The number of nitrogens with one attached hydrogen (secondary N) is 1. The standard InChI is InChI=1S/C25H28F2N6O/c1-14(19-5-6-20-16(3)30-31-22(19)20)23(34)18-8-28-33(10-18)9-17-4-7-21(29-15(17)2)32-12-24(13-32)11-25(24,26)27/h4,7-8,10,14,19H,5-6,9,11-13H2,1-3H3,(H,30,31). The fourth-order valence-electron chi connectivity index (χ4n) is 5.70. The molecule has 2 unspecified atom stereocenters. The first-order valence-electron chi connectivity index (χ1n) is 11.9. The molecule has 2 atom stereocenters. The summed E-state index contributed by atoms with van der Waals surface area (Å²) in [6.07, 6.45) is 5.34. The van der Waals surface area contributed by atoms with Gasteiger partial charge in [-0.2, -0.15) is 10.2 Å². The van der Waals surface area contributed by atoms with Crippen LogP contribution in [-0.4, -0.2) is 49.8 Å². The number of rotatable bonds is 6. The lowest BCUT2D eigenvalue weighted by Crippen LogP contribution is -2.51. The fraction of sp³-hybridized carbons (Fsp3) is 0.520. The van der Waals surface area contributed by atoms with Crippen molar-refractivity contribution in [2.75, 3.05) is 18.0 Å². The Morgan fingerprint density at radius 2 is 2.06 bits per heavy atom. The van der Waals surface area contributed by atoms with Crippen LogP contribution in [0, 0.1) is 25.2 Å². The average Bonchev–Trinajstić information content (AvgIpc) is 3.23. The predicted octanol–water partition coefficient (Wildman–Crippen LogP) is 4.06. The molecule has 7 nitrogen and oxygen atoms in total. The molecule has 3 aliphatic rings. The van der Waals surface area contributed by atoms with Gasteiger partial charge in [-0.05, 0) is 43.9 Å². The number of pyridine rings is 1. The monoisotopic (exact) mass is 466 g/mol. The molecule has 2 fully saturated rings. The summed E-state index contributed by atoms with van der Waals surface area (Å²) in [6, 6.07) is 3.86. The highest BCUT2D eigenvalue weighted by Gasteiger charge is 2.76. The largest absolute Gasteiger partial charge is 0.355 e. The van der Waals surface area contributed by atoms with Crippen LogP contribution in [0.5, 0.6) is 0 Å². The number of aromatic amines is 1. The summed E-state index contributed by atoms with van der Waals surface area (Å²) < 4.78 is 28.7. The van der Waals surface area contributed by atoms with Crippen molar-refractivity contribution in [1.29, 1.82) is 0 Å². The third-order valence-corrected chi connectivity index (χ3v) is 8.13. The molecular weight excluding hydrogens is 438 g/mol. The quantitative estimate of drug-likeness (QED) is 0.554. The van der Waals surface area contributed by atoms with Gasteiger partial charge in [-0.3, -0.25) is 14.6 Å². The van der Waals surface area contributed by atoms with Crippen LogP contribution in [0.4, 0.5) is 14.6 Å². The van der Waals surface area contributed by atoms with E-state index in [-0.39, 0.29) is 24.0 Å². The van der Waals surface area contributed by atoms with Crippen molar-refractivity contribution in [2.24, 2.45) is 11.3 Å². The number of halogens is 2.